The molecule has 1 N–H and O–H groups in total. The molecule has 1 unspecified atom stereocenters. The summed E-state index contributed by atoms with van der Waals surface area (Å²) in [5.74, 6) is -0.0559. The van der Waals surface area contributed by atoms with Crippen LogP contribution in [0.15, 0.2) is 18.2 Å². The van der Waals surface area contributed by atoms with Crippen LogP contribution in [0.4, 0.5) is 8.78 Å². The van der Waals surface area contributed by atoms with Gasteiger partial charge in [-0.15, -0.1) is 0 Å². The molecule has 1 atom stereocenters. The predicted octanol–water partition coefficient (Wildman–Crippen LogP) is 3.37. The highest BCUT2D eigenvalue weighted by atomic mass is 32.2. The zero-order valence-corrected chi connectivity index (χ0v) is 10.4. The second kappa shape index (κ2) is 6.86. The van der Waals surface area contributed by atoms with Crippen LogP contribution in [0.2, 0.25) is 0 Å². The predicted molar refractivity (Wildman–Crippen MR) is 65.8 cm³/mol. The molecule has 4 heteroatoms. The van der Waals surface area contributed by atoms with E-state index >= 15 is 0 Å². The number of benzene rings is 1. The Kier molecular flexibility index (Phi) is 5.77. The van der Waals surface area contributed by atoms with Gasteiger partial charge in [-0.25, -0.2) is 8.78 Å². The molecular weight excluding hydrogens is 228 g/mol. The van der Waals surface area contributed by atoms with Crippen molar-refractivity contribution in [3.8, 4) is 0 Å². The third-order valence-corrected chi connectivity index (χ3v) is 2.99. The molecule has 0 fully saturated rings. The summed E-state index contributed by atoms with van der Waals surface area (Å²) in [4.78, 5) is 0. The monoisotopic (exact) mass is 245 g/mol. The summed E-state index contributed by atoms with van der Waals surface area (Å²) in [6, 6.07) is 3.73. The summed E-state index contributed by atoms with van der Waals surface area (Å²) >= 11 is 1.73. The third-order valence-electron chi connectivity index (χ3n) is 2.35. The van der Waals surface area contributed by atoms with Crippen molar-refractivity contribution >= 4 is 11.8 Å². The van der Waals surface area contributed by atoms with Crippen LogP contribution in [0.5, 0.6) is 0 Å². The summed E-state index contributed by atoms with van der Waals surface area (Å²) < 4.78 is 26.2. The maximum absolute atomic E-state index is 13.1. The van der Waals surface area contributed by atoms with Gasteiger partial charge in [-0.1, -0.05) is 6.92 Å². The Hall–Kier alpha value is -0.610. The largest absolute Gasteiger partial charge is 0.310 e. The average molecular weight is 245 g/mol. The van der Waals surface area contributed by atoms with Crippen molar-refractivity contribution in [2.45, 2.75) is 19.4 Å². The Balaban J connectivity index is 2.82. The van der Waals surface area contributed by atoms with Crippen LogP contribution in [0.3, 0.4) is 0 Å². The molecule has 0 saturated heterocycles. The maximum Gasteiger partial charge on any atom is 0.126 e. The summed E-state index contributed by atoms with van der Waals surface area (Å²) in [5.41, 5.74) is 0.688. The van der Waals surface area contributed by atoms with Gasteiger partial charge in [0.1, 0.15) is 11.6 Å². The first kappa shape index (κ1) is 13.5. The van der Waals surface area contributed by atoms with Gasteiger partial charge in [0.15, 0.2) is 0 Å². The fourth-order valence-electron chi connectivity index (χ4n) is 1.65. The summed E-state index contributed by atoms with van der Waals surface area (Å²) in [5, 5.41) is 3.24. The molecule has 0 saturated carbocycles. The molecule has 1 rings (SSSR count). The van der Waals surface area contributed by atoms with E-state index in [0.717, 1.165) is 24.8 Å². The normalized spacial score (nSPS) is 12.8. The molecule has 0 radical (unpaired) electrons. The molecular formula is C12H17F2NS. The lowest BCUT2D eigenvalue weighted by atomic mass is 10.0. The second-order valence-corrected chi connectivity index (χ2v) is 4.58. The minimum Gasteiger partial charge on any atom is -0.310 e. The van der Waals surface area contributed by atoms with Crippen molar-refractivity contribution in [3.05, 3.63) is 35.4 Å². The molecule has 0 aliphatic rings. The Morgan fingerprint density at radius 1 is 1.25 bits per heavy atom. The van der Waals surface area contributed by atoms with Gasteiger partial charge in [0.25, 0.3) is 0 Å². The molecule has 1 aromatic rings. The first-order chi connectivity index (χ1) is 7.67. The Labute approximate surface area is 99.6 Å². The topological polar surface area (TPSA) is 12.0 Å². The van der Waals surface area contributed by atoms with E-state index in [1.165, 1.54) is 12.1 Å². The lowest BCUT2D eigenvalue weighted by Crippen LogP contribution is -2.21. The Morgan fingerprint density at radius 3 is 2.38 bits per heavy atom. The first-order valence-corrected chi connectivity index (χ1v) is 6.75. The fraction of sp³-hybridized carbons (Fsp3) is 0.500. The highest BCUT2D eigenvalue weighted by Crippen LogP contribution is 2.20. The van der Waals surface area contributed by atoms with E-state index in [-0.39, 0.29) is 6.04 Å². The van der Waals surface area contributed by atoms with Crippen LogP contribution in [-0.4, -0.2) is 18.6 Å². The molecule has 0 spiro atoms. The van der Waals surface area contributed by atoms with Crippen LogP contribution >= 0.6 is 11.8 Å². The maximum atomic E-state index is 13.1. The number of thioether (sulfide) groups is 1. The number of rotatable bonds is 6. The van der Waals surface area contributed by atoms with Crippen molar-refractivity contribution in [3.63, 3.8) is 0 Å². The quantitative estimate of drug-likeness (QED) is 0.824. The van der Waals surface area contributed by atoms with Gasteiger partial charge in [-0.3, -0.25) is 0 Å². The fourth-order valence-corrected chi connectivity index (χ4v) is 2.12. The highest BCUT2D eigenvalue weighted by molar-refractivity contribution is 7.98. The van der Waals surface area contributed by atoms with Gasteiger partial charge in [0.05, 0.1) is 0 Å². The van der Waals surface area contributed by atoms with Crippen molar-refractivity contribution < 1.29 is 8.78 Å². The highest BCUT2D eigenvalue weighted by Gasteiger charge is 2.12. The summed E-state index contributed by atoms with van der Waals surface area (Å²) in [6.45, 7) is 2.78. The Morgan fingerprint density at radius 2 is 1.88 bits per heavy atom. The lowest BCUT2D eigenvalue weighted by molar-refractivity contribution is 0.523. The Bertz CT molecular complexity index is 311. The van der Waals surface area contributed by atoms with Gasteiger partial charge in [-0.2, -0.15) is 11.8 Å². The number of hydrogen-bond acceptors (Lipinski definition) is 2. The molecule has 90 valence electrons. The molecule has 0 bridgehead atoms. The van der Waals surface area contributed by atoms with Crippen LogP contribution in [0, 0.1) is 11.6 Å². The van der Waals surface area contributed by atoms with Gasteiger partial charge >= 0.3 is 0 Å². The minimum atomic E-state index is -0.512. The van der Waals surface area contributed by atoms with Crippen molar-refractivity contribution in [1.82, 2.24) is 5.32 Å². The van der Waals surface area contributed by atoms with Crippen LogP contribution in [-0.2, 0) is 0 Å². The van der Waals surface area contributed by atoms with Crippen molar-refractivity contribution in [2.75, 3.05) is 18.6 Å². The van der Waals surface area contributed by atoms with E-state index in [4.69, 9.17) is 0 Å². The molecule has 0 aliphatic heterocycles. The van der Waals surface area contributed by atoms with E-state index in [1.807, 2.05) is 13.2 Å². The minimum absolute atomic E-state index is 0.0302. The van der Waals surface area contributed by atoms with Crippen LogP contribution in [0.1, 0.15) is 24.9 Å². The van der Waals surface area contributed by atoms with Gasteiger partial charge in [-0.05, 0) is 42.7 Å². The van der Waals surface area contributed by atoms with Gasteiger partial charge in [0, 0.05) is 12.1 Å². The first-order valence-electron chi connectivity index (χ1n) is 5.35. The third kappa shape index (κ3) is 4.10. The smallest absolute Gasteiger partial charge is 0.126 e. The van der Waals surface area contributed by atoms with Gasteiger partial charge < -0.3 is 5.32 Å². The standard InChI is InChI=1S/C12H17F2NS/c1-3-15-12(4-5-16-2)9-6-10(13)8-11(14)7-9/h6-8,12,15H,3-5H2,1-2H3. The number of nitrogens with one attached hydrogen (secondary N) is 1. The van der Waals surface area contributed by atoms with E-state index in [1.54, 1.807) is 11.8 Å². The summed E-state index contributed by atoms with van der Waals surface area (Å²) in [6.07, 6.45) is 2.90. The number of halogens is 2. The molecule has 16 heavy (non-hydrogen) atoms. The zero-order valence-electron chi connectivity index (χ0n) is 9.59. The summed E-state index contributed by atoms with van der Waals surface area (Å²) in [7, 11) is 0. The molecule has 0 amide bonds. The molecule has 1 nitrogen and oxygen atoms in total. The van der Waals surface area contributed by atoms with E-state index in [2.05, 4.69) is 5.32 Å². The van der Waals surface area contributed by atoms with Crippen molar-refractivity contribution in [1.29, 1.82) is 0 Å². The lowest BCUT2D eigenvalue weighted by Gasteiger charge is -2.18. The SMILES string of the molecule is CCNC(CCSC)c1cc(F)cc(F)c1. The molecule has 0 aromatic heterocycles. The van der Waals surface area contributed by atoms with Crippen LogP contribution in [0.25, 0.3) is 0 Å². The number of hydrogen-bond donors (Lipinski definition) is 1. The molecule has 0 heterocycles. The zero-order chi connectivity index (χ0) is 12.0. The van der Waals surface area contributed by atoms with E-state index in [0.29, 0.717) is 5.56 Å². The van der Waals surface area contributed by atoms with E-state index < -0.39 is 11.6 Å². The van der Waals surface area contributed by atoms with Crippen LogP contribution < -0.4 is 5.32 Å². The average Bonchev–Trinajstić information content (AvgIpc) is 2.22. The molecule has 1 aromatic carbocycles. The molecule has 0 aliphatic carbocycles. The van der Waals surface area contributed by atoms with Gasteiger partial charge in [0.2, 0.25) is 0 Å². The van der Waals surface area contributed by atoms with E-state index in [9.17, 15) is 8.78 Å². The second-order valence-electron chi connectivity index (χ2n) is 3.59. The van der Waals surface area contributed by atoms with Crippen molar-refractivity contribution in [2.24, 2.45) is 0 Å².